The Kier molecular flexibility index (Phi) is 2.55. The zero-order valence-corrected chi connectivity index (χ0v) is 7.40. The van der Waals surface area contributed by atoms with E-state index in [1.54, 1.807) is 13.8 Å². The first kappa shape index (κ1) is 9.57. The maximum absolute atomic E-state index is 10.8. The van der Waals surface area contributed by atoms with E-state index in [-0.39, 0.29) is 5.92 Å². The summed E-state index contributed by atoms with van der Waals surface area (Å²) in [6.07, 6.45) is 0. The van der Waals surface area contributed by atoms with Crippen molar-refractivity contribution in [1.82, 2.24) is 5.16 Å². The Morgan fingerprint density at radius 3 is 2.54 bits per heavy atom. The molecule has 0 amide bonds. The lowest BCUT2D eigenvalue weighted by molar-refractivity contribution is -0.140. The molecule has 0 bridgehead atoms. The van der Waals surface area contributed by atoms with Crippen LogP contribution in [0.3, 0.4) is 0 Å². The highest BCUT2D eigenvalue weighted by atomic mass is 16.5. The molecule has 13 heavy (non-hydrogen) atoms. The van der Waals surface area contributed by atoms with Gasteiger partial charge in [-0.2, -0.15) is 0 Å². The first-order valence-corrected chi connectivity index (χ1v) is 3.93. The van der Waals surface area contributed by atoms with Crippen molar-refractivity contribution >= 4 is 5.97 Å². The predicted octanol–water partition coefficient (Wildman–Crippen LogP) is 0.792. The highest BCUT2D eigenvalue weighted by Crippen LogP contribution is 2.21. The maximum atomic E-state index is 10.8. The third-order valence-electron chi connectivity index (χ3n) is 1.81. The first-order valence-electron chi connectivity index (χ1n) is 3.93. The van der Waals surface area contributed by atoms with Crippen molar-refractivity contribution in [3.05, 3.63) is 22.2 Å². The molecule has 0 aliphatic heterocycles. The number of nitrogens with one attached hydrogen (secondary N) is 1. The van der Waals surface area contributed by atoms with E-state index in [1.165, 1.54) is 6.07 Å². The van der Waals surface area contributed by atoms with Gasteiger partial charge < -0.3 is 9.63 Å². The van der Waals surface area contributed by atoms with Gasteiger partial charge in [-0.3, -0.25) is 4.79 Å². The van der Waals surface area contributed by atoms with Crippen LogP contribution in [0.1, 0.15) is 25.5 Å². The van der Waals surface area contributed by atoms with Crippen LogP contribution in [-0.4, -0.2) is 16.2 Å². The number of H-pyrrole nitrogens is 1. The molecule has 5 nitrogen and oxygen atoms in total. The van der Waals surface area contributed by atoms with Gasteiger partial charge in [0, 0.05) is 6.07 Å². The summed E-state index contributed by atoms with van der Waals surface area (Å²) in [6.45, 7) is 3.54. The average molecular weight is 185 g/mol. The van der Waals surface area contributed by atoms with Crippen LogP contribution < -0.4 is 5.63 Å². The van der Waals surface area contributed by atoms with E-state index in [9.17, 15) is 9.59 Å². The van der Waals surface area contributed by atoms with Gasteiger partial charge >= 0.3 is 11.6 Å². The summed E-state index contributed by atoms with van der Waals surface area (Å²) in [7, 11) is 0. The minimum atomic E-state index is -0.966. The second-order valence-electron chi connectivity index (χ2n) is 3.18. The van der Waals surface area contributed by atoms with Gasteiger partial charge in [-0.1, -0.05) is 13.8 Å². The van der Waals surface area contributed by atoms with Crippen molar-refractivity contribution in [2.45, 2.75) is 19.8 Å². The summed E-state index contributed by atoms with van der Waals surface area (Å²) in [4.78, 5) is 21.4. The maximum Gasteiger partial charge on any atom is 0.357 e. The molecule has 1 unspecified atom stereocenters. The number of aromatic nitrogens is 1. The van der Waals surface area contributed by atoms with Gasteiger partial charge in [-0.25, -0.2) is 9.95 Å². The minimum absolute atomic E-state index is 0.0919. The molecule has 0 saturated heterocycles. The molecule has 0 saturated carbocycles. The summed E-state index contributed by atoms with van der Waals surface area (Å²) >= 11 is 0. The van der Waals surface area contributed by atoms with Crippen LogP contribution in [0.15, 0.2) is 15.4 Å². The molecule has 0 aromatic carbocycles. The van der Waals surface area contributed by atoms with E-state index >= 15 is 0 Å². The number of carbonyl (C=O) groups is 1. The fourth-order valence-corrected chi connectivity index (χ4v) is 1.23. The average Bonchev–Trinajstić information content (AvgIpc) is 2.34. The van der Waals surface area contributed by atoms with Crippen LogP contribution in [0.4, 0.5) is 0 Å². The van der Waals surface area contributed by atoms with Crippen molar-refractivity contribution in [1.29, 1.82) is 0 Å². The SMILES string of the molecule is CC(C)C(C(=O)O)c1cc(=O)o[nH]1. The molecule has 0 aliphatic rings. The van der Waals surface area contributed by atoms with Gasteiger partial charge in [0.15, 0.2) is 0 Å². The minimum Gasteiger partial charge on any atom is -0.481 e. The third kappa shape index (κ3) is 1.99. The number of hydrogen-bond acceptors (Lipinski definition) is 3. The number of carboxylic acid groups (broad SMARTS) is 1. The van der Waals surface area contributed by atoms with Crippen LogP contribution in [0.25, 0.3) is 0 Å². The van der Waals surface area contributed by atoms with Gasteiger partial charge in [0.05, 0.1) is 5.69 Å². The monoisotopic (exact) mass is 185 g/mol. The summed E-state index contributed by atoms with van der Waals surface area (Å²) < 4.78 is 4.40. The zero-order valence-electron chi connectivity index (χ0n) is 7.40. The Hall–Kier alpha value is -1.52. The van der Waals surface area contributed by atoms with Gasteiger partial charge in [0.2, 0.25) is 0 Å². The quantitative estimate of drug-likeness (QED) is 0.729. The van der Waals surface area contributed by atoms with Gasteiger partial charge in [-0.15, -0.1) is 0 Å². The van der Waals surface area contributed by atoms with Crippen LogP contribution in [-0.2, 0) is 4.79 Å². The molecule has 2 N–H and O–H groups in total. The predicted molar refractivity (Wildman–Crippen MR) is 44.5 cm³/mol. The smallest absolute Gasteiger partial charge is 0.357 e. The number of carboxylic acids is 1. The molecule has 1 aromatic heterocycles. The number of aliphatic carboxylic acids is 1. The fourth-order valence-electron chi connectivity index (χ4n) is 1.23. The Morgan fingerprint density at radius 1 is 1.62 bits per heavy atom. The second kappa shape index (κ2) is 3.47. The standard InChI is InChI=1S/C8H11NO4/c1-4(2)7(8(11)12)5-3-6(10)13-9-5/h3-4,7,9H,1-2H3,(H,11,12). The molecule has 5 heteroatoms. The van der Waals surface area contributed by atoms with Gasteiger partial charge in [0.1, 0.15) is 5.92 Å². The van der Waals surface area contributed by atoms with Gasteiger partial charge in [-0.05, 0) is 5.92 Å². The van der Waals surface area contributed by atoms with Crippen LogP contribution in [0.2, 0.25) is 0 Å². The Labute approximate surface area is 74.3 Å². The van der Waals surface area contributed by atoms with Gasteiger partial charge in [0.25, 0.3) is 0 Å². The Bertz CT molecular complexity index is 349. The third-order valence-corrected chi connectivity index (χ3v) is 1.81. The second-order valence-corrected chi connectivity index (χ2v) is 3.18. The normalized spacial score (nSPS) is 13.2. The van der Waals surface area contributed by atoms with Crippen LogP contribution >= 0.6 is 0 Å². The molecule has 0 spiro atoms. The molecule has 0 aliphatic carbocycles. The van der Waals surface area contributed by atoms with Crippen molar-refractivity contribution in [2.75, 3.05) is 0 Å². The van der Waals surface area contributed by atoms with Crippen LogP contribution in [0.5, 0.6) is 0 Å². The number of rotatable bonds is 3. The molecule has 1 rings (SSSR count). The zero-order chi connectivity index (χ0) is 10.0. The Balaban J connectivity index is 3.02. The van der Waals surface area contributed by atoms with Crippen molar-refractivity contribution < 1.29 is 14.4 Å². The van der Waals surface area contributed by atoms with E-state index in [0.717, 1.165) is 0 Å². The van der Waals surface area contributed by atoms with E-state index in [0.29, 0.717) is 5.69 Å². The summed E-state index contributed by atoms with van der Waals surface area (Å²) in [5, 5.41) is 11.1. The van der Waals surface area contributed by atoms with Crippen molar-refractivity contribution in [3.63, 3.8) is 0 Å². The molecular weight excluding hydrogens is 174 g/mol. The molecule has 1 aromatic rings. The van der Waals surface area contributed by atoms with E-state index < -0.39 is 17.5 Å². The molecular formula is C8H11NO4. The molecule has 1 heterocycles. The molecule has 72 valence electrons. The van der Waals surface area contributed by atoms with Crippen molar-refractivity contribution in [3.8, 4) is 0 Å². The summed E-state index contributed by atoms with van der Waals surface area (Å²) in [5.74, 6) is -1.77. The lowest BCUT2D eigenvalue weighted by atomic mass is 9.93. The molecule has 0 fully saturated rings. The van der Waals surface area contributed by atoms with E-state index in [4.69, 9.17) is 5.11 Å². The summed E-state index contributed by atoms with van der Waals surface area (Å²) in [6, 6.07) is 1.17. The summed E-state index contributed by atoms with van der Waals surface area (Å²) in [5.41, 5.74) is -0.241. The lowest BCUT2D eigenvalue weighted by Crippen LogP contribution is -2.17. The van der Waals surface area contributed by atoms with E-state index in [2.05, 4.69) is 9.68 Å². The largest absolute Gasteiger partial charge is 0.481 e. The lowest BCUT2D eigenvalue weighted by Gasteiger charge is -2.12. The van der Waals surface area contributed by atoms with Crippen LogP contribution in [0, 0.1) is 5.92 Å². The molecule has 1 atom stereocenters. The van der Waals surface area contributed by atoms with Crippen molar-refractivity contribution in [2.24, 2.45) is 5.92 Å². The Morgan fingerprint density at radius 2 is 2.23 bits per heavy atom. The highest BCUT2D eigenvalue weighted by molar-refractivity contribution is 5.75. The molecule has 0 radical (unpaired) electrons. The van der Waals surface area contributed by atoms with E-state index in [1.807, 2.05) is 0 Å². The first-order chi connectivity index (χ1) is 6.02. The topological polar surface area (TPSA) is 83.3 Å². The highest BCUT2D eigenvalue weighted by Gasteiger charge is 2.25. The fraction of sp³-hybridized carbons (Fsp3) is 0.500. The number of aromatic amines is 1. The number of hydrogen-bond donors (Lipinski definition) is 2.